The van der Waals surface area contributed by atoms with Gasteiger partial charge >= 0.3 is 0 Å². The van der Waals surface area contributed by atoms with Gasteiger partial charge in [0.15, 0.2) is 11.5 Å². The zero-order valence-corrected chi connectivity index (χ0v) is 14.5. The molecule has 2 aromatic carbocycles. The number of fused-ring (bicyclic) bond motifs is 1. The van der Waals surface area contributed by atoms with Crippen molar-refractivity contribution in [1.29, 1.82) is 0 Å². The predicted molar refractivity (Wildman–Crippen MR) is 99.5 cm³/mol. The van der Waals surface area contributed by atoms with Crippen LogP contribution in [0.4, 0.5) is 5.69 Å². The minimum atomic E-state index is -0.0410. The van der Waals surface area contributed by atoms with E-state index in [1.165, 1.54) is 7.11 Å². The summed E-state index contributed by atoms with van der Waals surface area (Å²) in [5, 5.41) is 15.0. The van der Waals surface area contributed by atoms with Crippen molar-refractivity contribution in [2.45, 2.75) is 12.3 Å². The Hall–Kier alpha value is -2.79. The molecule has 0 spiro atoms. The van der Waals surface area contributed by atoms with Gasteiger partial charge in [0, 0.05) is 28.2 Å². The number of hydrogen-bond acceptors (Lipinski definition) is 4. The quantitative estimate of drug-likeness (QED) is 0.725. The molecule has 1 aliphatic rings. The summed E-state index contributed by atoms with van der Waals surface area (Å²) < 4.78 is 5.22. The van der Waals surface area contributed by atoms with Crippen LogP contribution in [0.3, 0.4) is 0 Å². The van der Waals surface area contributed by atoms with E-state index in [-0.39, 0.29) is 17.6 Å². The van der Waals surface area contributed by atoms with E-state index in [4.69, 9.17) is 4.74 Å². The lowest BCUT2D eigenvalue weighted by Crippen LogP contribution is -2.22. The van der Waals surface area contributed by atoms with Crippen molar-refractivity contribution < 1.29 is 14.6 Å². The highest BCUT2D eigenvalue weighted by Gasteiger charge is 2.30. The zero-order chi connectivity index (χ0) is 17.4. The Bertz CT molecular complexity index is 933. The van der Waals surface area contributed by atoms with Crippen molar-refractivity contribution in [3.63, 3.8) is 0 Å². The fourth-order valence-electron chi connectivity index (χ4n) is 3.24. The van der Waals surface area contributed by atoms with E-state index in [1.54, 1.807) is 17.4 Å². The molecule has 2 N–H and O–H groups in total. The summed E-state index contributed by atoms with van der Waals surface area (Å²) in [5.74, 6) is 0.480. The molecule has 4 nitrogen and oxygen atoms in total. The van der Waals surface area contributed by atoms with Gasteiger partial charge in [-0.2, -0.15) is 0 Å². The maximum Gasteiger partial charge on any atom is 0.225 e. The number of rotatable bonds is 3. The summed E-state index contributed by atoms with van der Waals surface area (Å²) in [5.41, 5.74) is 3.99. The first kappa shape index (κ1) is 15.7. The first-order valence-corrected chi connectivity index (χ1v) is 8.89. The molecule has 0 fully saturated rings. The molecule has 2 heterocycles. The van der Waals surface area contributed by atoms with E-state index in [0.29, 0.717) is 12.2 Å². The summed E-state index contributed by atoms with van der Waals surface area (Å²) in [6.45, 7) is 0. The molecule has 5 heteroatoms. The summed E-state index contributed by atoms with van der Waals surface area (Å²) in [6.07, 6.45) is 0.385. The standard InChI is InChI=1S/C20H17NO3S/c1-24-17-9-13(7-8-16(17)22)14-10-18(23)21-19-15(11-25-20(14)19)12-5-3-2-4-6-12/h2-9,11,14,22H,10H2,1H3,(H,21,23). The van der Waals surface area contributed by atoms with Gasteiger partial charge in [0.2, 0.25) is 5.91 Å². The Morgan fingerprint density at radius 2 is 2.00 bits per heavy atom. The monoisotopic (exact) mass is 351 g/mol. The maximum absolute atomic E-state index is 12.3. The van der Waals surface area contributed by atoms with Crippen LogP contribution in [0.25, 0.3) is 11.1 Å². The molecule has 1 aliphatic heterocycles. The fraction of sp³-hybridized carbons (Fsp3) is 0.150. The van der Waals surface area contributed by atoms with Crippen molar-refractivity contribution in [2.75, 3.05) is 12.4 Å². The van der Waals surface area contributed by atoms with Crippen LogP contribution in [0.5, 0.6) is 11.5 Å². The number of methoxy groups -OCH3 is 1. The van der Waals surface area contributed by atoms with E-state index in [1.807, 2.05) is 42.5 Å². The van der Waals surface area contributed by atoms with E-state index < -0.39 is 0 Å². The van der Waals surface area contributed by atoms with Crippen molar-refractivity contribution in [3.8, 4) is 22.6 Å². The smallest absolute Gasteiger partial charge is 0.225 e. The van der Waals surface area contributed by atoms with Crippen LogP contribution < -0.4 is 10.1 Å². The van der Waals surface area contributed by atoms with Gasteiger partial charge in [-0.15, -0.1) is 11.3 Å². The fourth-order valence-corrected chi connectivity index (χ4v) is 4.40. The lowest BCUT2D eigenvalue weighted by atomic mass is 9.89. The minimum absolute atomic E-state index is 0.000114. The van der Waals surface area contributed by atoms with Crippen molar-refractivity contribution in [1.82, 2.24) is 0 Å². The summed E-state index contributed by atoms with van der Waals surface area (Å²) >= 11 is 1.65. The number of phenols is 1. The molecule has 0 saturated carbocycles. The second-order valence-electron chi connectivity index (χ2n) is 5.99. The van der Waals surface area contributed by atoms with Gasteiger partial charge in [-0.3, -0.25) is 4.79 Å². The van der Waals surface area contributed by atoms with Gasteiger partial charge in [0.1, 0.15) is 0 Å². The van der Waals surface area contributed by atoms with Gasteiger partial charge in [-0.25, -0.2) is 0 Å². The average molecular weight is 351 g/mol. The van der Waals surface area contributed by atoms with Crippen LogP contribution in [0.2, 0.25) is 0 Å². The molecule has 3 aromatic rings. The van der Waals surface area contributed by atoms with Crippen LogP contribution in [0, 0.1) is 0 Å². The number of carbonyl (C=O) groups excluding carboxylic acids is 1. The number of thiophene rings is 1. The highest BCUT2D eigenvalue weighted by molar-refractivity contribution is 7.11. The van der Waals surface area contributed by atoms with Gasteiger partial charge in [0.05, 0.1) is 12.8 Å². The van der Waals surface area contributed by atoms with Crippen molar-refractivity contribution in [3.05, 3.63) is 64.4 Å². The highest BCUT2D eigenvalue weighted by atomic mass is 32.1. The molecule has 0 saturated heterocycles. The third-order valence-electron chi connectivity index (χ3n) is 4.48. The topological polar surface area (TPSA) is 58.6 Å². The van der Waals surface area contributed by atoms with Crippen LogP contribution in [-0.2, 0) is 4.79 Å². The Morgan fingerprint density at radius 1 is 1.20 bits per heavy atom. The minimum Gasteiger partial charge on any atom is -0.504 e. The van der Waals surface area contributed by atoms with Crippen molar-refractivity contribution in [2.24, 2.45) is 0 Å². The van der Waals surface area contributed by atoms with Gasteiger partial charge in [0.25, 0.3) is 0 Å². The van der Waals surface area contributed by atoms with Crippen LogP contribution in [-0.4, -0.2) is 18.1 Å². The van der Waals surface area contributed by atoms with Crippen LogP contribution >= 0.6 is 11.3 Å². The number of amides is 1. The highest BCUT2D eigenvalue weighted by Crippen LogP contribution is 2.47. The summed E-state index contributed by atoms with van der Waals surface area (Å²) in [4.78, 5) is 13.5. The molecule has 0 bridgehead atoms. The largest absolute Gasteiger partial charge is 0.504 e. The molecule has 0 radical (unpaired) electrons. The molecule has 0 aliphatic carbocycles. The lowest BCUT2D eigenvalue weighted by molar-refractivity contribution is -0.116. The van der Waals surface area contributed by atoms with E-state index in [2.05, 4.69) is 10.7 Å². The molecule has 25 heavy (non-hydrogen) atoms. The third-order valence-corrected chi connectivity index (χ3v) is 5.58. The molecule has 126 valence electrons. The van der Waals surface area contributed by atoms with Gasteiger partial charge in [-0.1, -0.05) is 36.4 Å². The number of carbonyl (C=O) groups is 1. The first-order valence-electron chi connectivity index (χ1n) is 8.01. The lowest BCUT2D eigenvalue weighted by Gasteiger charge is -2.24. The molecule has 1 atom stereocenters. The van der Waals surface area contributed by atoms with Crippen molar-refractivity contribution >= 4 is 22.9 Å². The molecule has 1 amide bonds. The Kier molecular flexibility index (Phi) is 3.93. The zero-order valence-electron chi connectivity index (χ0n) is 13.7. The van der Waals surface area contributed by atoms with E-state index in [0.717, 1.165) is 27.3 Å². The van der Waals surface area contributed by atoms with E-state index in [9.17, 15) is 9.90 Å². The SMILES string of the molecule is COc1cc(C2CC(=O)Nc3c(-c4ccccc4)csc32)ccc1O. The molecule has 1 aromatic heterocycles. The normalized spacial score (nSPS) is 16.2. The Balaban J connectivity index is 1.81. The number of anilines is 1. The van der Waals surface area contributed by atoms with E-state index >= 15 is 0 Å². The second kappa shape index (κ2) is 6.26. The summed E-state index contributed by atoms with van der Waals surface area (Å²) in [7, 11) is 1.52. The van der Waals surface area contributed by atoms with Gasteiger partial charge < -0.3 is 15.2 Å². The number of ether oxygens (including phenoxy) is 1. The maximum atomic E-state index is 12.3. The van der Waals surface area contributed by atoms with Crippen LogP contribution in [0.1, 0.15) is 22.8 Å². The third kappa shape index (κ3) is 2.76. The predicted octanol–water partition coefficient (Wildman–Crippen LogP) is 4.60. The van der Waals surface area contributed by atoms with Gasteiger partial charge in [-0.05, 0) is 23.3 Å². The molecule has 4 rings (SSSR count). The number of nitrogens with one attached hydrogen (secondary N) is 1. The number of phenolic OH excluding ortho intramolecular Hbond substituents is 1. The Labute approximate surface area is 149 Å². The molecular weight excluding hydrogens is 334 g/mol. The second-order valence-corrected chi connectivity index (χ2v) is 6.90. The number of hydrogen-bond donors (Lipinski definition) is 2. The average Bonchev–Trinajstić information content (AvgIpc) is 3.06. The Morgan fingerprint density at radius 3 is 2.76 bits per heavy atom. The number of benzene rings is 2. The molecule has 1 unspecified atom stereocenters. The molecular formula is C20H17NO3S. The number of aromatic hydroxyl groups is 1. The first-order chi connectivity index (χ1) is 12.2. The summed E-state index contributed by atoms with van der Waals surface area (Å²) in [6, 6.07) is 15.3. The van der Waals surface area contributed by atoms with Crippen LogP contribution in [0.15, 0.2) is 53.9 Å².